The van der Waals surface area contributed by atoms with E-state index < -0.39 is 0 Å². The van der Waals surface area contributed by atoms with Gasteiger partial charge >= 0.3 is 0 Å². The minimum atomic E-state index is -0.137. The zero-order valence-corrected chi connectivity index (χ0v) is 10.9. The average Bonchev–Trinajstić information content (AvgIpc) is 2.84. The third kappa shape index (κ3) is 2.77. The van der Waals surface area contributed by atoms with Gasteiger partial charge < -0.3 is 15.2 Å². The van der Waals surface area contributed by atoms with Gasteiger partial charge in [-0.1, -0.05) is 35.5 Å². The van der Waals surface area contributed by atoms with Crippen molar-refractivity contribution in [3.8, 4) is 11.3 Å². The van der Waals surface area contributed by atoms with Gasteiger partial charge in [0, 0.05) is 18.7 Å². The first-order valence-corrected chi connectivity index (χ1v) is 5.86. The number of rotatable bonds is 3. The van der Waals surface area contributed by atoms with Crippen molar-refractivity contribution < 1.29 is 9.32 Å². The van der Waals surface area contributed by atoms with Crippen molar-refractivity contribution in [3.05, 3.63) is 42.2 Å². The van der Waals surface area contributed by atoms with Crippen LogP contribution in [0.1, 0.15) is 10.4 Å². The van der Waals surface area contributed by atoms with Crippen LogP contribution in [0.2, 0.25) is 0 Å². The number of carbonyl (C=O) groups is 1. The summed E-state index contributed by atoms with van der Waals surface area (Å²) in [6.07, 6.45) is 1.39. The maximum absolute atomic E-state index is 12.1. The molecule has 100 valence electrons. The Morgan fingerprint density at radius 2 is 2.05 bits per heavy atom. The van der Waals surface area contributed by atoms with Crippen LogP contribution in [0.15, 0.2) is 41.1 Å². The summed E-state index contributed by atoms with van der Waals surface area (Å²) in [6, 6.07) is 9.74. The highest BCUT2D eigenvalue weighted by molar-refractivity contribution is 5.99. The molecule has 1 amide bonds. The molecule has 2 N–H and O–H groups in total. The van der Waals surface area contributed by atoms with Crippen LogP contribution in [0.3, 0.4) is 0 Å². The first-order valence-electron chi connectivity index (χ1n) is 5.86. The standard InChI is InChI=1S/C13H13N3O2.ClH/c17-13(15-10-6-14-7-10)11-8-18-16-12(11)9-4-2-1-3-5-9;/h1-5,8,10,14H,6-7H2,(H,15,17);1H. The van der Waals surface area contributed by atoms with Crippen molar-refractivity contribution in [1.82, 2.24) is 15.8 Å². The van der Waals surface area contributed by atoms with Gasteiger partial charge in [-0.05, 0) is 0 Å². The van der Waals surface area contributed by atoms with E-state index in [0.717, 1.165) is 18.7 Å². The fourth-order valence-electron chi connectivity index (χ4n) is 1.86. The lowest BCUT2D eigenvalue weighted by atomic mass is 10.1. The molecule has 5 nitrogen and oxygen atoms in total. The third-order valence-corrected chi connectivity index (χ3v) is 2.98. The highest BCUT2D eigenvalue weighted by atomic mass is 35.5. The lowest BCUT2D eigenvalue weighted by Crippen LogP contribution is -2.56. The Morgan fingerprint density at radius 1 is 1.32 bits per heavy atom. The van der Waals surface area contributed by atoms with Crippen LogP contribution in [-0.4, -0.2) is 30.2 Å². The van der Waals surface area contributed by atoms with Gasteiger partial charge in [0.05, 0.1) is 6.04 Å². The first kappa shape index (κ1) is 13.6. The molecule has 3 rings (SSSR count). The summed E-state index contributed by atoms with van der Waals surface area (Å²) in [7, 11) is 0. The molecule has 0 atom stereocenters. The highest BCUT2D eigenvalue weighted by Crippen LogP contribution is 2.21. The average molecular weight is 280 g/mol. The number of carbonyl (C=O) groups excluding carboxylic acids is 1. The highest BCUT2D eigenvalue weighted by Gasteiger charge is 2.23. The summed E-state index contributed by atoms with van der Waals surface area (Å²) in [5.74, 6) is -0.137. The van der Waals surface area contributed by atoms with Crippen molar-refractivity contribution in [1.29, 1.82) is 0 Å². The molecule has 1 fully saturated rings. The van der Waals surface area contributed by atoms with Crippen LogP contribution in [0, 0.1) is 0 Å². The topological polar surface area (TPSA) is 67.2 Å². The van der Waals surface area contributed by atoms with Crippen LogP contribution in [0.5, 0.6) is 0 Å². The Kier molecular flexibility index (Phi) is 4.19. The predicted molar refractivity (Wildman–Crippen MR) is 73.3 cm³/mol. The molecule has 2 heterocycles. The Morgan fingerprint density at radius 3 is 2.68 bits per heavy atom. The van der Waals surface area contributed by atoms with Crippen LogP contribution in [0.4, 0.5) is 0 Å². The van der Waals surface area contributed by atoms with E-state index in [-0.39, 0.29) is 24.4 Å². The SMILES string of the molecule is Cl.O=C(NC1CNC1)c1conc1-c1ccccc1. The third-order valence-electron chi connectivity index (χ3n) is 2.98. The Hall–Kier alpha value is -1.85. The fourth-order valence-corrected chi connectivity index (χ4v) is 1.86. The summed E-state index contributed by atoms with van der Waals surface area (Å²) in [4.78, 5) is 12.1. The van der Waals surface area contributed by atoms with Crippen molar-refractivity contribution >= 4 is 18.3 Å². The largest absolute Gasteiger partial charge is 0.363 e. The Labute approximate surface area is 116 Å². The number of halogens is 1. The summed E-state index contributed by atoms with van der Waals surface area (Å²) in [5, 5.41) is 9.94. The Balaban J connectivity index is 0.00000133. The minimum absolute atomic E-state index is 0. The lowest BCUT2D eigenvalue weighted by molar-refractivity contribution is 0.0924. The van der Waals surface area contributed by atoms with E-state index in [0.29, 0.717) is 11.3 Å². The molecule has 0 bridgehead atoms. The van der Waals surface area contributed by atoms with Gasteiger partial charge in [-0.25, -0.2) is 0 Å². The molecule has 6 heteroatoms. The van der Waals surface area contributed by atoms with E-state index >= 15 is 0 Å². The zero-order chi connectivity index (χ0) is 12.4. The maximum Gasteiger partial charge on any atom is 0.257 e. The molecule has 0 aliphatic carbocycles. The lowest BCUT2D eigenvalue weighted by Gasteiger charge is -2.27. The molecule has 0 radical (unpaired) electrons. The van der Waals surface area contributed by atoms with E-state index in [1.165, 1.54) is 6.26 Å². The Bertz CT molecular complexity index is 552. The number of nitrogens with one attached hydrogen (secondary N) is 2. The van der Waals surface area contributed by atoms with E-state index in [9.17, 15) is 4.79 Å². The second-order valence-corrected chi connectivity index (χ2v) is 4.27. The molecule has 1 aliphatic rings. The van der Waals surface area contributed by atoms with Crippen molar-refractivity contribution in [2.75, 3.05) is 13.1 Å². The van der Waals surface area contributed by atoms with Crippen molar-refractivity contribution in [2.45, 2.75) is 6.04 Å². The summed E-state index contributed by atoms with van der Waals surface area (Å²) in [6.45, 7) is 1.63. The maximum atomic E-state index is 12.1. The monoisotopic (exact) mass is 279 g/mol. The van der Waals surface area contributed by atoms with E-state index in [2.05, 4.69) is 15.8 Å². The van der Waals surface area contributed by atoms with E-state index in [1.54, 1.807) is 0 Å². The molecular formula is C13H14ClN3O2. The van der Waals surface area contributed by atoms with Gasteiger partial charge in [0.2, 0.25) is 0 Å². The molecule has 0 unspecified atom stereocenters. The smallest absolute Gasteiger partial charge is 0.257 e. The zero-order valence-electron chi connectivity index (χ0n) is 10.1. The minimum Gasteiger partial charge on any atom is -0.363 e. The molecule has 0 saturated carbocycles. The summed E-state index contributed by atoms with van der Waals surface area (Å²) < 4.78 is 4.93. The molecule has 2 aromatic rings. The molecule has 1 aromatic carbocycles. The number of hydrogen-bond donors (Lipinski definition) is 2. The predicted octanol–water partition coefficient (Wildman–Crippen LogP) is 1.47. The second-order valence-electron chi connectivity index (χ2n) is 4.27. The molecule has 1 saturated heterocycles. The quantitative estimate of drug-likeness (QED) is 0.893. The fraction of sp³-hybridized carbons (Fsp3) is 0.231. The van der Waals surface area contributed by atoms with Crippen LogP contribution >= 0.6 is 12.4 Å². The number of aromatic nitrogens is 1. The van der Waals surface area contributed by atoms with Gasteiger partial charge in [0.1, 0.15) is 17.5 Å². The van der Waals surface area contributed by atoms with Gasteiger partial charge in [-0.2, -0.15) is 0 Å². The number of benzene rings is 1. The number of nitrogens with zero attached hydrogens (tertiary/aromatic N) is 1. The van der Waals surface area contributed by atoms with Crippen molar-refractivity contribution in [3.63, 3.8) is 0 Å². The van der Waals surface area contributed by atoms with Gasteiger partial charge in [-0.15, -0.1) is 12.4 Å². The molecule has 1 aliphatic heterocycles. The molecule has 19 heavy (non-hydrogen) atoms. The van der Waals surface area contributed by atoms with Gasteiger partial charge in [0.25, 0.3) is 5.91 Å². The van der Waals surface area contributed by atoms with E-state index in [4.69, 9.17) is 4.52 Å². The van der Waals surface area contributed by atoms with Crippen molar-refractivity contribution in [2.24, 2.45) is 0 Å². The van der Waals surface area contributed by atoms with Gasteiger partial charge in [0.15, 0.2) is 0 Å². The molecular weight excluding hydrogens is 266 g/mol. The van der Waals surface area contributed by atoms with Gasteiger partial charge in [-0.3, -0.25) is 4.79 Å². The molecule has 0 spiro atoms. The van der Waals surface area contributed by atoms with Crippen LogP contribution < -0.4 is 10.6 Å². The van der Waals surface area contributed by atoms with Crippen LogP contribution in [0.25, 0.3) is 11.3 Å². The van der Waals surface area contributed by atoms with Crippen LogP contribution in [-0.2, 0) is 0 Å². The number of hydrogen-bond acceptors (Lipinski definition) is 4. The number of amides is 1. The second kappa shape index (κ2) is 5.86. The van der Waals surface area contributed by atoms with E-state index in [1.807, 2.05) is 30.3 Å². The molecule has 1 aromatic heterocycles. The first-order chi connectivity index (χ1) is 8.84. The summed E-state index contributed by atoms with van der Waals surface area (Å²) in [5.41, 5.74) is 1.94. The summed E-state index contributed by atoms with van der Waals surface area (Å²) >= 11 is 0. The normalized spacial score (nSPS) is 14.3.